The molecule has 0 aliphatic rings. The van der Waals surface area contributed by atoms with Gasteiger partial charge in [0.2, 0.25) is 0 Å². The molecule has 0 aromatic heterocycles. The summed E-state index contributed by atoms with van der Waals surface area (Å²) in [7, 11) is 1.59. The molecule has 0 aliphatic carbocycles. The van der Waals surface area contributed by atoms with Gasteiger partial charge in [-0.15, -0.1) is 12.4 Å². The molecular weight excluding hydrogens is 349 g/mol. The number of hydrogen-bond donors (Lipinski definition) is 2. The highest BCUT2D eigenvalue weighted by Gasteiger charge is 2.13. The normalized spacial score (nSPS) is 11.5. The number of halogens is 2. The monoisotopic (exact) mass is 371 g/mol. The van der Waals surface area contributed by atoms with E-state index in [1.54, 1.807) is 13.2 Å². The topological polar surface area (TPSA) is 50.7 Å². The quantitative estimate of drug-likeness (QED) is 0.736. The minimum atomic E-state index is -0.562. The average Bonchev–Trinajstić information content (AvgIpc) is 2.57. The van der Waals surface area contributed by atoms with Gasteiger partial charge in [-0.2, -0.15) is 0 Å². The van der Waals surface area contributed by atoms with Gasteiger partial charge in [-0.3, -0.25) is 0 Å². The SMILES string of the molecule is CCOc1c(CNCC(O)c2ccccc2)cc(Cl)cc1OC.Cl. The summed E-state index contributed by atoms with van der Waals surface area (Å²) in [6.07, 6.45) is -0.562. The molecule has 4 nitrogen and oxygen atoms in total. The van der Waals surface area contributed by atoms with Crippen LogP contribution in [0.4, 0.5) is 0 Å². The van der Waals surface area contributed by atoms with Crippen LogP contribution in [0.3, 0.4) is 0 Å². The third-order valence-electron chi connectivity index (χ3n) is 3.44. The maximum atomic E-state index is 10.2. The van der Waals surface area contributed by atoms with Crippen LogP contribution in [0, 0.1) is 0 Å². The van der Waals surface area contributed by atoms with E-state index in [0.717, 1.165) is 11.1 Å². The van der Waals surface area contributed by atoms with Crippen LogP contribution in [0.5, 0.6) is 11.5 Å². The molecule has 24 heavy (non-hydrogen) atoms. The Morgan fingerprint density at radius 3 is 2.54 bits per heavy atom. The van der Waals surface area contributed by atoms with Gasteiger partial charge in [0.05, 0.1) is 19.8 Å². The van der Waals surface area contributed by atoms with E-state index in [2.05, 4.69) is 5.32 Å². The third-order valence-corrected chi connectivity index (χ3v) is 3.66. The summed E-state index contributed by atoms with van der Waals surface area (Å²) in [5.41, 5.74) is 1.78. The van der Waals surface area contributed by atoms with Gasteiger partial charge in [0.25, 0.3) is 0 Å². The summed E-state index contributed by atoms with van der Waals surface area (Å²) in [6, 6.07) is 13.1. The Kier molecular flexibility index (Phi) is 8.93. The molecule has 1 atom stereocenters. The first-order valence-electron chi connectivity index (χ1n) is 7.58. The van der Waals surface area contributed by atoms with Gasteiger partial charge in [-0.1, -0.05) is 41.9 Å². The number of methoxy groups -OCH3 is 1. The molecule has 1 unspecified atom stereocenters. The zero-order chi connectivity index (χ0) is 16.7. The molecule has 132 valence electrons. The van der Waals surface area contributed by atoms with Gasteiger partial charge in [0.15, 0.2) is 11.5 Å². The maximum absolute atomic E-state index is 10.2. The lowest BCUT2D eigenvalue weighted by molar-refractivity contribution is 0.174. The number of ether oxygens (including phenoxy) is 2. The van der Waals surface area contributed by atoms with Crippen molar-refractivity contribution in [1.29, 1.82) is 0 Å². The van der Waals surface area contributed by atoms with Crippen molar-refractivity contribution in [3.63, 3.8) is 0 Å². The maximum Gasteiger partial charge on any atom is 0.165 e. The van der Waals surface area contributed by atoms with Gasteiger partial charge < -0.3 is 19.9 Å². The van der Waals surface area contributed by atoms with Crippen molar-refractivity contribution in [2.24, 2.45) is 0 Å². The van der Waals surface area contributed by atoms with Crippen molar-refractivity contribution >= 4 is 24.0 Å². The van der Waals surface area contributed by atoms with Crippen LogP contribution in [0.2, 0.25) is 5.02 Å². The molecule has 2 N–H and O–H groups in total. The molecular formula is C18H23Cl2NO3. The Bertz CT molecular complexity index is 623. The van der Waals surface area contributed by atoms with E-state index in [1.165, 1.54) is 0 Å². The molecule has 0 saturated carbocycles. The van der Waals surface area contributed by atoms with Gasteiger partial charge in [0.1, 0.15) is 0 Å². The predicted molar refractivity (Wildman–Crippen MR) is 99.5 cm³/mol. The first-order chi connectivity index (χ1) is 11.2. The second-order valence-electron chi connectivity index (χ2n) is 5.09. The fraction of sp³-hybridized carbons (Fsp3) is 0.333. The minimum absolute atomic E-state index is 0. The standard InChI is InChI=1S/C18H22ClNO3.ClH/c1-3-23-18-14(9-15(19)10-17(18)22-2)11-20-12-16(21)13-7-5-4-6-8-13;/h4-10,16,20-21H,3,11-12H2,1-2H3;1H. The fourth-order valence-electron chi connectivity index (χ4n) is 2.35. The number of aliphatic hydroxyl groups excluding tert-OH is 1. The number of hydrogen-bond acceptors (Lipinski definition) is 4. The smallest absolute Gasteiger partial charge is 0.165 e. The first-order valence-corrected chi connectivity index (χ1v) is 7.96. The Labute approximate surface area is 154 Å². The number of aliphatic hydroxyl groups is 1. The van der Waals surface area contributed by atoms with E-state index >= 15 is 0 Å². The summed E-state index contributed by atoms with van der Waals surface area (Å²) in [5.74, 6) is 1.29. The van der Waals surface area contributed by atoms with Crippen molar-refractivity contribution in [2.75, 3.05) is 20.3 Å². The summed E-state index contributed by atoms with van der Waals surface area (Å²) in [6.45, 7) is 3.42. The summed E-state index contributed by atoms with van der Waals surface area (Å²) in [5, 5.41) is 14.0. The van der Waals surface area contributed by atoms with Crippen LogP contribution in [0.25, 0.3) is 0 Å². The van der Waals surface area contributed by atoms with Gasteiger partial charge in [-0.05, 0) is 18.6 Å². The van der Waals surface area contributed by atoms with Crippen LogP contribution in [0.15, 0.2) is 42.5 Å². The Hall–Kier alpha value is -1.46. The minimum Gasteiger partial charge on any atom is -0.493 e. The second kappa shape index (κ2) is 10.4. The van der Waals surface area contributed by atoms with Crippen LogP contribution >= 0.6 is 24.0 Å². The largest absolute Gasteiger partial charge is 0.493 e. The summed E-state index contributed by atoms with van der Waals surface area (Å²) < 4.78 is 11.0. The lowest BCUT2D eigenvalue weighted by Gasteiger charge is -2.17. The molecule has 0 heterocycles. The molecule has 2 rings (SSSR count). The molecule has 2 aromatic rings. The zero-order valence-corrected chi connectivity index (χ0v) is 15.4. The first kappa shape index (κ1) is 20.6. The van der Waals surface area contributed by atoms with Gasteiger partial charge >= 0.3 is 0 Å². The van der Waals surface area contributed by atoms with E-state index in [1.807, 2.05) is 43.3 Å². The highest BCUT2D eigenvalue weighted by atomic mass is 35.5. The molecule has 0 radical (unpaired) electrons. The van der Waals surface area contributed by atoms with Gasteiger partial charge in [-0.25, -0.2) is 0 Å². The van der Waals surface area contributed by atoms with E-state index < -0.39 is 6.10 Å². The molecule has 0 saturated heterocycles. The van der Waals surface area contributed by atoms with E-state index in [9.17, 15) is 5.11 Å². The van der Waals surface area contributed by atoms with Crippen molar-refractivity contribution in [1.82, 2.24) is 5.32 Å². The number of rotatable bonds is 8. The lowest BCUT2D eigenvalue weighted by atomic mass is 10.1. The van der Waals surface area contributed by atoms with Crippen molar-refractivity contribution in [2.45, 2.75) is 19.6 Å². The van der Waals surface area contributed by atoms with Crippen molar-refractivity contribution in [3.05, 3.63) is 58.6 Å². The van der Waals surface area contributed by atoms with E-state index in [0.29, 0.717) is 36.2 Å². The average molecular weight is 372 g/mol. The van der Waals surface area contributed by atoms with Crippen LogP contribution in [0.1, 0.15) is 24.2 Å². The summed E-state index contributed by atoms with van der Waals surface area (Å²) in [4.78, 5) is 0. The molecule has 0 amide bonds. The highest BCUT2D eigenvalue weighted by Crippen LogP contribution is 2.34. The molecule has 6 heteroatoms. The molecule has 0 spiro atoms. The van der Waals surface area contributed by atoms with E-state index in [4.69, 9.17) is 21.1 Å². The molecule has 0 bridgehead atoms. The second-order valence-corrected chi connectivity index (χ2v) is 5.52. The van der Waals surface area contributed by atoms with Crippen molar-refractivity contribution < 1.29 is 14.6 Å². The van der Waals surface area contributed by atoms with Crippen molar-refractivity contribution in [3.8, 4) is 11.5 Å². The lowest BCUT2D eigenvalue weighted by Crippen LogP contribution is -2.21. The van der Waals surface area contributed by atoms with E-state index in [-0.39, 0.29) is 12.4 Å². The van der Waals surface area contributed by atoms with Crippen LogP contribution in [-0.2, 0) is 6.54 Å². The Morgan fingerprint density at radius 2 is 1.92 bits per heavy atom. The summed E-state index contributed by atoms with van der Waals surface area (Å²) >= 11 is 6.13. The fourth-order valence-corrected chi connectivity index (χ4v) is 2.58. The Balaban J connectivity index is 0.00000288. The molecule has 0 aliphatic heterocycles. The predicted octanol–water partition coefficient (Wildman–Crippen LogP) is 3.99. The van der Waals surface area contributed by atoms with Crippen LogP contribution in [-0.4, -0.2) is 25.4 Å². The molecule has 2 aromatic carbocycles. The highest BCUT2D eigenvalue weighted by molar-refractivity contribution is 6.30. The van der Waals surface area contributed by atoms with Gasteiger partial charge in [0, 0.05) is 29.7 Å². The third kappa shape index (κ3) is 5.56. The molecule has 0 fully saturated rings. The number of nitrogens with one attached hydrogen (secondary N) is 1. The zero-order valence-electron chi connectivity index (χ0n) is 13.8. The van der Waals surface area contributed by atoms with Crippen LogP contribution < -0.4 is 14.8 Å². The Morgan fingerprint density at radius 1 is 1.21 bits per heavy atom. The number of benzene rings is 2.